The van der Waals surface area contributed by atoms with E-state index in [9.17, 15) is 9.18 Å². The Morgan fingerprint density at radius 2 is 2.20 bits per heavy atom. The van der Waals surface area contributed by atoms with Gasteiger partial charge in [-0.2, -0.15) is 0 Å². The second kappa shape index (κ2) is 7.33. The fourth-order valence-corrected chi connectivity index (χ4v) is 2.64. The molecule has 2 aromatic rings. The van der Waals surface area contributed by atoms with Gasteiger partial charge in [0.15, 0.2) is 11.6 Å². The molecule has 3 heterocycles. The van der Waals surface area contributed by atoms with Crippen molar-refractivity contribution in [1.29, 1.82) is 0 Å². The molecule has 7 nitrogen and oxygen atoms in total. The van der Waals surface area contributed by atoms with Crippen molar-refractivity contribution in [1.82, 2.24) is 14.9 Å². The number of aromatic nitrogens is 2. The average Bonchev–Trinajstić information content (AvgIpc) is 3.06. The molecule has 132 valence electrons. The van der Waals surface area contributed by atoms with Gasteiger partial charge in [0.1, 0.15) is 17.7 Å². The molecule has 0 radical (unpaired) electrons. The molecule has 0 unspecified atom stereocenters. The van der Waals surface area contributed by atoms with Gasteiger partial charge in [-0.25, -0.2) is 19.2 Å². The summed E-state index contributed by atoms with van der Waals surface area (Å²) < 4.78 is 18.9. The number of anilines is 2. The van der Waals surface area contributed by atoms with Gasteiger partial charge in [0.2, 0.25) is 0 Å². The van der Waals surface area contributed by atoms with Gasteiger partial charge in [0.05, 0.1) is 12.7 Å². The molecule has 0 aromatic carbocycles. The van der Waals surface area contributed by atoms with E-state index in [0.717, 1.165) is 18.4 Å². The quantitative estimate of drug-likeness (QED) is 0.921. The van der Waals surface area contributed by atoms with Crippen LogP contribution in [0, 0.1) is 5.82 Å². The molecule has 0 bridgehead atoms. The number of pyridine rings is 2. The Morgan fingerprint density at radius 1 is 1.36 bits per heavy atom. The lowest BCUT2D eigenvalue weighted by atomic mass is 10.3. The number of nitrogens with zero attached hydrogens (tertiary/aromatic N) is 4. The molecule has 1 fully saturated rings. The van der Waals surface area contributed by atoms with E-state index in [4.69, 9.17) is 4.74 Å². The number of hydrogen-bond donors (Lipinski definition) is 1. The van der Waals surface area contributed by atoms with Crippen LogP contribution in [0.2, 0.25) is 0 Å². The van der Waals surface area contributed by atoms with Crippen molar-refractivity contribution < 1.29 is 13.9 Å². The Morgan fingerprint density at radius 3 is 2.92 bits per heavy atom. The first-order valence-corrected chi connectivity index (χ1v) is 7.99. The molecule has 3 rings (SSSR count). The zero-order valence-electron chi connectivity index (χ0n) is 14.1. The molecular weight excluding hydrogens is 325 g/mol. The van der Waals surface area contributed by atoms with Crippen LogP contribution in [0.4, 0.5) is 20.8 Å². The minimum absolute atomic E-state index is 0.102. The maximum absolute atomic E-state index is 12.9. The molecule has 1 N–H and O–H groups in total. The van der Waals surface area contributed by atoms with Gasteiger partial charge >= 0.3 is 6.03 Å². The normalized spacial score (nSPS) is 16.6. The number of rotatable bonds is 4. The summed E-state index contributed by atoms with van der Waals surface area (Å²) in [6.07, 6.45) is 3.41. The van der Waals surface area contributed by atoms with Crippen LogP contribution >= 0.6 is 0 Å². The molecule has 1 saturated heterocycles. The maximum atomic E-state index is 12.9. The molecule has 0 aliphatic carbocycles. The molecule has 1 aliphatic rings. The van der Waals surface area contributed by atoms with Crippen LogP contribution in [-0.4, -0.2) is 54.2 Å². The summed E-state index contributed by atoms with van der Waals surface area (Å²) in [6.45, 7) is 1.05. The molecule has 8 heteroatoms. The second-order valence-electron chi connectivity index (χ2n) is 5.99. The first-order valence-electron chi connectivity index (χ1n) is 7.99. The number of amides is 2. The van der Waals surface area contributed by atoms with Gasteiger partial charge in [0, 0.05) is 33.3 Å². The Kier molecular flexibility index (Phi) is 4.97. The molecule has 1 atom stereocenters. The van der Waals surface area contributed by atoms with Crippen LogP contribution in [0.15, 0.2) is 36.7 Å². The number of nitrogens with one attached hydrogen (secondary N) is 1. The lowest BCUT2D eigenvalue weighted by Gasteiger charge is -2.20. The number of halogens is 1. The van der Waals surface area contributed by atoms with Crippen molar-refractivity contribution in [3.63, 3.8) is 0 Å². The zero-order valence-corrected chi connectivity index (χ0v) is 14.1. The van der Waals surface area contributed by atoms with Crippen molar-refractivity contribution in [2.75, 3.05) is 37.4 Å². The highest BCUT2D eigenvalue weighted by atomic mass is 19.1. The second-order valence-corrected chi connectivity index (χ2v) is 5.99. The van der Waals surface area contributed by atoms with Crippen LogP contribution < -0.4 is 15.0 Å². The highest BCUT2D eigenvalue weighted by Gasteiger charge is 2.28. The number of likely N-dealkylation sites (tertiary alicyclic amines) is 1. The average molecular weight is 345 g/mol. The van der Waals surface area contributed by atoms with Gasteiger partial charge < -0.3 is 14.5 Å². The summed E-state index contributed by atoms with van der Waals surface area (Å²) in [6, 6.07) is 6.10. The third-order valence-electron chi connectivity index (χ3n) is 3.86. The lowest BCUT2D eigenvalue weighted by Crippen LogP contribution is -2.34. The Bertz CT molecular complexity index is 738. The predicted octanol–water partition coefficient (Wildman–Crippen LogP) is 2.37. The molecule has 2 aromatic heterocycles. The van der Waals surface area contributed by atoms with E-state index in [1.807, 2.05) is 31.1 Å². The summed E-state index contributed by atoms with van der Waals surface area (Å²) >= 11 is 0. The topological polar surface area (TPSA) is 70.6 Å². The number of ether oxygens (including phenoxy) is 1. The van der Waals surface area contributed by atoms with E-state index in [1.54, 1.807) is 11.1 Å². The fraction of sp³-hybridized carbons (Fsp3) is 0.353. The van der Waals surface area contributed by atoms with E-state index in [0.29, 0.717) is 24.7 Å². The van der Waals surface area contributed by atoms with Crippen molar-refractivity contribution >= 4 is 17.7 Å². The molecule has 0 saturated carbocycles. The van der Waals surface area contributed by atoms with Gasteiger partial charge in [0.25, 0.3) is 0 Å². The minimum atomic E-state index is -0.444. The molecule has 0 spiro atoms. The van der Waals surface area contributed by atoms with Gasteiger partial charge in [-0.3, -0.25) is 5.32 Å². The first kappa shape index (κ1) is 16.9. The highest BCUT2D eigenvalue weighted by molar-refractivity contribution is 5.88. The van der Waals surface area contributed by atoms with Crippen LogP contribution in [0.1, 0.15) is 6.42 Å². The van der Waals surface area contributed by atoms with Gasteiger partial charge in [-0.05, 0) is 24.3 Å². The van der Waals surface area contributed by atoms with Crippen LogP contribution in [0.3, 0.4) is 0 Å². The van der Waals surface area contributed by atoms with Crippen LogP contribution in [-0.2, 0) is 0 Å². The predicted molar refractivity (Wildman–Crippen MR) is 92.4 cm³/mol. The number of urea groups is 1. The Hall–Kier alpha value is -2.90. The largest absolute Gasteiger partial charge is 0.485 e. The van der Waals surface area contributed by atoms with Crippen LogP contribution in [0.25, 0.3) is 0 Å². The van der Waals surface area contributed by atoms with E-state index < -0.39 is 5.82 Å². The van der Waals surface area contributed by atoms with Crippen molar-refractivity contribution in [3.8, 4) is 5.75 Å². The molecule has 2 amide bonds. The summed E-state index contributed by atoms with van der Waals surface area (Å²) in [5, 5.41) is 2.66. The van der Waals surface area contributed by atoms with Crippen molar-refractivity contribution in [2.24, 2.45) is 0 Å². The third-order valence-corrected chi connectivity index (χ3v) is 3.86. The van der Waals surface area contributed by atoms with E-state index in [-0.39, 0.29) is 12.1 Å². The highest BCUT2D eigenvalue weighted by Crippen LogP contribution is 2.26. The number of carbonyl (C=O) groups excluding carboxylic acids is 1. The molecular formula is C17H20FN5O2. The fourth-order valence-electron chi connectivity index (χ4n) is 2.64. The smallest absolute Gasteiger partial charge is 0.323 e. The zero-order chi connectivity index (χ0) is 17.8. The lowest BCUT2D eigenvalue weighted by molar-refractivity contribution is 0.195. The van der Waals surface area contributed by atoms with Crippen molar-refractivity contribution in [3.05, 3.63) is 42.5 Å². The SMILES string of the molecule is CN(C)c1ncccc1O[C@@H]1CCN(C(=O)Nc2ccc(F)cn2)C1. The summed E-state index contributed by atoms with van der Waals surface area (Å²) in [4.78, 5) is 24.0. The van der Waals surface area contributed by atoms with Gasteiger partial charge in [-0.15, -0.1) is 0 Å². The maximum Gasteiger partial charge on any atom is 0.323 e. The first-order chi connectivity index (χ1) is 12.0. The summed E-state index contributed by atoms with van der Waals surface area (Å²) in [5.41, 5.74) is 0. The molecule has 25 heavy (non-hydrogen) atoms. The minimum Gasteiger partial charge on any atom is -0.485 e. The molecule has 1 aliphatic heterocycles. The van der Waals surface area contributed by atoms with E-state index in [2.05, 4.69) is 15.3 Å². The summed E-state index contributed by atoms with van der Waals surface area (Å²) in [5.74, 6) is 1.32. The van der Waals surface area contributed by atoms with Crippen molar-refractivity contribution in [2.45, 2.75) is 12.5 Å². The summed E-state index contributed by atoms with van der Waals surface area (Å²) in [7, 11) is 3.80. The monoisotopic (exact) mass is 345 g/mol. The standard InChI is InChI=1S/C17H20FN5O2/c1-22(2)16-14(4-3-8-19-16)25-13-7-9-23(11-13)17(24)21-15-6-5-12(18)10-20-15/h3-6,8,10,13H,7,9,11H2,1-2H3,(H,20,21,24)/t13-/m1/s1. The Labute approximate surface area is 145 Å². The van der Waals surface area contributed by atoms with Gasteiger partial charge in [-0.1, -0.05) is 0 Å². The number of hydrogen-bond acceptors (Lipinski definition) is 5. The van der Waals surface area contributed by atoms with E-state index in [1.165, 1.54) is 12.1 Å². The number of carbonyl (C=O) groups is 1. The van der Waals surface area contributed by atoms with E-state index >= 15 is 0 Å². The third kappa shape index (κ3) is 4.14. The van der Waals surface area contributed by atoms with Crippen LogP contribution in [0.5, 0.6) is 5.75 Å². The Balaban J connectivity index is 1.58.